The number of aliphatic carboxylic acids is 3. The van der Waals surface area contributed by atoms with Gasteiger partial charge in [0.2, 0.25) is 0 Å². The molecule has 6 aliphatic heterocycles. The van der Waals surface area contributed by atoms with Crippen LogP contribution >= 0.6 is 93.6 Å². The minimum atomic E-state index is -3.60. The molecule has 612 valence electrons. The van der Waals surface area contributed by atoms with Gasteiger partial charge >= 0.3 is 35.8 Å². The molecule has 6 N–H and O–H groups in total. The van der Waals surface area contributed by atoms with E-state index in [2.05, 4.69) is 83.6 Å². The van der Waals surface area contributed by atoms with Gasteiger partial charge in [-0.1, -0.05) is 66.0 Å². The number of carboxylic acid groups (broad SMARTS) is 3. The molecule has 0 saturated carbocycles. The van der Waals surface area contributed by atoms with Gasteiger partial charge in [0.05, 0.1) is 68.5 Å². The molecule has 40 heteroatoms. The Balaban J connectivity index is 0.000000181. The topological polar surface area (TPSA) is 331 Å². The maximum Gasteiger partial charge on any atom is 0.338 e. The van der Waals surface area contributed by atoms with Gasteiger partial charge in [0.25, 0.3) is 11.8 Å². The molecule has 6 aliphatic rings. The maximum absolute atomic E-state index is 15.0. The number of nitrogens with zero attached hydrogens (tertiary/aromatic N) is 9. The van der Waals surface area contributed by atoms with Crippen LogP contribution in [0.25, 0.3) is 0 Å². The van der Waals surface area contributed by atoms with Crippen LogP contribution < -0.4 is 16.0 Å². The first-order valence-corrected chi connectivity index (χ1v) is 41.9. The van der Waals surface area contributed by atoms with E-state index in [1.807, 2.05) is 10.3 Å². The van der Waals surface area contributed by atoms with E-state index < -0.39 is 115 Å². The molecule has 0 amide bonds. The van der Waals surface area contributed by atoms with E-state index in [-0.39, 0.29) is 95.0 Å². The van der Waals surface area contributed by atoms with E-state index in [1.54, 1.807) is 74.0 Å². The van der Waals surface area contributed by atoms with Crippen LogP contribution in [0.3, 0.4) is 0 Å². The highest BCUT2D eigenvalue weighted by Gasteiger charge is 2.48. The van der Waals surface area contributed by atoms with Crippen molar-refractivity contribution in [3.05, 3.63) is 186 Å². The second kappa shape index (κ2) is 41.3. The molecule has 1 unspecified atom stereocenters. The number of alkyl halides is 4. The molecular weight excluding hydrogens is 1780 g/mol. The Labute approximate surface area is 691 Å². The number of aromatic nitrogens is 3. The van der Waals surface area contributed by atoms with E-state index >= 15 is 0 Å². The summed E-state index contributed by atoms with van der Waals surface area (Å²) in [5, 5.41) is 43.7. The minimum Gasteiger partial charge on any atom is -0.481 e. The molecule has 9 heterocycles. The fourth-order valence-electron chi connectivity index (χ4n) is 13.1. The Hall–Kier alpha value is -7.90. The van der Waals surface area contributed by atoms with Crippen molar-refractivity contribution >= 4 is 147 Å². The molecule has 0 bridgehead atoms. The first-order chi connectivity index (χ1) is 54.5. The third-order valence-electron chi connectivity index (χ3n) is 18.3. The third-order valence-corrected chi connectivity index (χ3v) is 23.8. The van der Waals surface area contributed by atoms with Gasteiger partial charge in [0, 0.05) is 141 Å². The second-order valence-corrected chi connectivity index (χ2v) is 32.5. The lowest BCUT2D eigenvalue weighted by Gasteiger charge is -2.40. The van der Waals surface area contributed by atoms with Crippen molar-refractivity contribution in [2.24, 2.45) is 15.0 Å². The normalized spacial score (nSPS) is 20.4. The molecule has 12 rings (SSSR count). The van der Waals surface area contributed by atoms with Gasteiger partial charge in [-0.05, 0) is 86.7 Å². The van der Waals surface area contributed by atoms with Gasteiger partial charge < -0.3 is 55.0 Å². The average Bonchev–Trinajstić information content (AvgIpc) is 1.26. The van der Waals surface area contributed by atoms with Gasteiger partial charge in [-0.2, -0.15) is 11.8 Å². The number of amidine groups is 3. The zero-order valence-electron chi connectivity index (χ0n) is 61.2. The number of thiazole rings is 3. The van der Waals surface area contributed by atoms with E-state index in [4.69, 9.17) is 48.9 Å². The van der Waals surface area contributed by atoms with Crippen LogP contribution in [0.1, 0.15) is 109 Å². The third kappa shape index (κ3) is 23.7. The number of hydrogen-bond donors (Lipinski definition) is 6. The lowest BCUT2D eigenvalue weighted by Crippen LogP contribution is -2.57. The van der Waals surface area contributed by atoms with Gasteiger partial charge in [0.15, 0.2) is 32.5 Å². The number of thioether (sulfide) groups is 1. The smallest absolute Gasteiger partial charge is 0.338 e. The number of ether oxygens (including phenoxy) is 5. The van der Waals surface area contributed by atoms with Crippen molar-refractivity contribution < 1.29 is 98.5 Å². The quantitative estimate of drug-likeness (QED) is 0.0144. The Morgan fingerprint density at radius 1 is 0.570 bits per heavy atom. The molecule has 3 fully saturated rings. The van der Waals surface area contributed by atoms with Crippen molar-refractivity contribution in [1.82, 2.24) is 45.6 Å². The van der Waals surface area contributed by atoms with Crippen LogP contribution in [0.2, 0.25) is 0 Å². The molecular formula is C74H78Br3F7N12O14S4. The summed E-state index contributed by atoms with van der Waals surface area (Å²) in [6.45, 7) is 7.46. The maximum atomic E-state index is 15.0. The summed E-state index contributed by atoms with van der Waals surface area (Å²) < 4.78 is 128. The van der Waals surface area contributed by atoms with Gasteiger partial charge in [-0.25, -0.2) is 60.1 Å². The fourth-order valence-corrected chi connectivity index (χ4v) is 17.7. The second-order valence-electron chi connectivity index (χ2n) is 26.1. The standard InChI is InChI=1S/C26H28BrF3N4O5S.C24H24BrF3N4O5S.C24H26BrFN4O4S2/c1-2-38-25(37)21-19(14-34-8-9-39-16(13-34)5-6-26(29,30)12-20(35)36)32-23(24-31-7-10-40-24)33-22(21)17-4-3-15(28)11-18(17)27;1-2-37-23(35)19-16(11-32-6-7-36-12-17(32)24(27,28)10-18(33)34)30-21(22-29-5-8-38-22)31-20(19)14-4-3-13(26)9-15(14)25;1-2-34-24(33)20-18(12-30-8-10-35-13-15(30)4-6-19(31)32)28-22(23-27-7-9-36-23)29-21(20)16-5-3-14(26)11-17(16)25/h3-4,7,10-11,16,22H,2,5-6,8-9,12-14H2,1H3,(H,32,33)(H,35,36);3-5,8-9,17,20H,2,6-7,10-12H2,1H3,(H,30,31)(H,33,34);3,5,7,9,11,15,21H,2,4,6,8,10,12-13H2,1H3,(H,28,29)(H,31,32)/t16-,22+;17?,20-;15-,21+/m101/s1. The van der Waals surface area contributed by atoms with Crippen LogP contribution in [0.5, 0.6) is 0 Å². The Bertz CT molecular complexity index is 4630. The minimum absolute atomic E-state index is 0.0229. The predicted octanol–water partition coefficient (Wildman–Crippen LogP) is 12.5. The Morgan fingerprint density at radius 2 is 1.01 bits per heavy atom. The van der Waals surface area contributed by atoms with Crippen LogP contribution in [0.15, 0.2) is 152 Å². The van der Waals surface area contributed by atoms with Crippen molar-refractivity contribution in [2.45, 2.75) is 107 Å². The Kier molecular flexibility index (Phi) is 32.0. The van der Waals surface area contributed by atoms with E-state index in [0.29, 0.717) is 106 Å². The van der Waals surface area contributed by atoms with Crippen LogP contribution in [-0.4, -0.2) is 225 Å². The Morgan fingerprint density at radius 3 is 1.41 bits per heavy atom. The first-order valence-electron chi connectivity index (χ1n) is 35.7. The van der Waals surface area contributed by atoms with Crippen LogP contribution in [0, 0.1) is 17.5 Å². The summed E-state index contributed by atoms with van der Waals surface area (Å²) in [7, 11) is 0. The van der Waals surface area contributed by atoms with E-state index in [9.17, 15) is 64.6 Å². The number of aliphatic imine (C=N–C) groups is 3. The molecule has 114 heavy (non-hydrogen) atoms. The van der Waals surface area contributed by atoms with E-state index in [0.717, 1.165) is 18.1 Å². The number of morpholine rings is 2. The number of benzene rings is 3. The monoisotopic (exact) mass is 1860 g/mol. The molecule has 3 saturated heterocycles. The summed E-state index contributed by atoms with van der Waals surface area (Å²) in [5.41, 5.74) is 3.65. The molecule has 3 aromatic heterocycles. The highest BCUT2D eigenvalue weighted by Crippen LogP contribution is 2.42. The molecule has 0 radical (unpaired) electrons. The summed E-state index contributed by atoms with van der Waals surface area (Å²) in [5.74, 6) is -11.2. The molecule has 0 aliphatic carbocycles. The summed E-state index contributed by atoms with van der Waals surface area (Å²) in [6.07, 6.45) is 1.69. The average molecular weight is 1860 g/mol. The lowest BCUT2D eigenvalue weighted by atomic mass is 9.94. The number of carbonyl (C=O) groups excluding carboxylic acids is 3. The molecule has 6 atom stereocenters. The van der Waals surface area contributed by atoms with Crippen LogP contribution in [-0.2, 0) is 52.5 Å². The molecule has 6 aromatic rings. The van der Waals surface area contributed by atoms with Crippen LogP contribution in [0.4, 0.5) is 30.7 Å². The van der Waals surface area contributed by atoms with E-state index in [1.165, 1.54) is 81.4 Å². The van der Waals surface area contributed by atoms with Crippen molar-refractivity contribution in [3.63, 3.8) is 0 Å². The number of rotatable bonds is 29. The summed E-state index contributed by atoms with van der Waals surface area (Å²) in [4.78, 5) is 106. The summed E-state index contributed by atoms with van der Waals surface area (Å²) >= 11 is 16.0. The van der Waals surface area contributed by atoms with Gasteiger partial charge in [0.1, 0.15) is 48.4 Å². The van der Waals surface area contributed by atoms with Gasteiger partial charge in [-0.3, -0.25) is 44.1 Å². The fraction of sp³-hybridized carbons (Fsp3) is 0.432. The zero-order valence-corrected chi connectivity index (χ0v) is 69.3. The van der Waals surface area contributed by atoms with Crippen molar-refractivity contribution in [3.8, 4) is 0 Å². The number of nitrogens with one attached hydrogen (secondary N) is 3. The molecule has 3 aromatic carbocycles. The lowest BCUT2D eigenvalue weighted by molar-refractivity contribution is -0.162. The zero-order chi connectivity index (χ0) is 82.0. The number of carbonyl (C=O) groups is 6. The molecule has 0 spiro atoms. The summed E-state index contributed by atoms with van der Waals surface area (Å²) in [6, 6.07) is 8.33. The van der Waals surface area contributed by atoms with Gasteiger partial charge in [-0.15, -0.1) is 34.0 Å². The number of carboxylic acids is 3. The van der Waals surface area contributed by atoms with Crippen molar-refractivity contribution in [2.75, 3.05) is 97.0 Å². The SMILES string of the molecule is CCOC(=O)C1=C(CN2CCOCC2C(F)(F)CC(=O)O)NC(c2nccs2)=N[C@H]1c1ccc(F)cc1Br.CCOC(=O)C1=C(CN2CCO[C@H](CCC(F)(F)CC(=O)O)C2)NC(c2nccs2)=N[C@H]1c1ccc(F)cc1Br.CCOC(=O)C1=C(CN2CCSC[C@H]2CCC(=O)O)NC(c2nccs2)=N[C@H]1c1ccc(F)cc1Br. The number of hydrogen-bond acceptors (Lipinski definition) is 27. The largest absolute Gasteiger partial charge is 0.481 e. The number of esters is 3. The predicted molar refractivity (Wildman–Crippen MR) is 422 cm³/mol. The van der Waals surface area contributed by atoms with Crippen molar-refractivity contribution in [1.29, 1.82) is 0 Å². The molecule has 26 nitrogen and oxygen atoms in total. The highest BCUT2D eigenvalue weighted by atomic mass is 79.9. The first kappa shape index (κ1) is 88.5. The highest BCUT2D eigenvalue weighted by molar-refractivity contribution is 9.11. The number of halogens is 10.